The molecular weight excluding hydrogens is 140 g/mol. The number of carbonyl (C=O) groups excluding carboxylic acids is 1. The van der Waals surface area contributed by atoms with Crippen LogP contribution in [0.2, 0.25) is 0 Å². The Bertz CT molecular complexity index is 246. The number of carbonyl (C=O) groups is 1. The van der Waals surface area contributed by atoms with Crippen molar-refractivity contribution < 1.29 is 4.79 Å². The lowest BCUT2D eigenvalue weighted by Gasteiger charge is -2.04. The first-order valence-electron chi connectivity index (χ1n) is 3.41. The Morgan fingerprint density at radius 1 is 1.73 bits per heavy atom. The normalized spacial score (nSPS) is 12.5. The lowest BCUT2D eigenvalue weighted by molar-refractivity contribution is -0.119. The fourth-order valence-corrected chi connectivity index (χ4v) is 0.796. The maximum atomic E-state index is 10.7. The second-order valence-electron chi connectivity index (χ2n) is 2.41. The van der Waals surface area contributed by atoms with Gasteiger partial charge < -0.3 is 5.73 Å². The minimum absolute atomic E-state index is 0.247. The zero-order valence-electron chi connectivity index (χ0n) is 6.32. The molecule has 1 atom stereocenters. The molecule has 0 radical (unpaired) electrons. The monoisotopic (exact) mass is 150 g/mol. The Balaban J connectivity index is 2.85. The molecule has 0 aromatic carbocycles. The van der Waals surface area contributed by atoms with E-state index in [9.17, 15) is 4.79 Å². The number of amides is 1. The fraction of sp³-hybridized carbons (Fsp3) is 0.250. The first-order chi connectivity index (χ1) is 5.22. The minimum Gasteiger partial charge on any atom is -0.369 e. The summed E-state index contributed by atoms with van der Waals surface area (Å²) in [6.07, 6.45) is 3.31. The van der Waals surface area contributed by atoms with Crippen molar-refractivity contribution in [3.05, 3.63) is 30.1 Å². The van der Waals surface area contributed by atoms with Gasteiger partial charge in [-0.25, -0.2) is 0 Å². The van der Waals surface area contributed by atoms with E-state index in [-0.39, 0.29) is 11.8 Å². The van der Waals surface area contributed by atoms with Crippen LogP contribution in [0.1, 0.15) is 18.4 Å². The molecular formula is C8H10N2O. The van der Waals surface area contributed by atoms with Gasteiger partial charge in [-0.1, -0.05) is 6.07 Å². The molecule has 1 rings (SSSR count). The van der Waals surface area contributed by atoms with Gasteiger partial charge in [-0.3, -0.25) is 9.78 Å². The van der Waals surface area contributed by atoms with Gasteiger partial charge in [0.1, 0.15) is 0 Å². The van der Waals surface area contributed by atoms with E-state index in [1.807, 2.05) is 6.07 Å². The Hall–Kier alpha value is -1.38. The van der Waals surface area contributed by atoms with Gasteiger partial charge in [-0.2, -0.15) is 0 Å². The number of pyridine rings is 1. The average Bonchev–Trinajstić information content (AvgIpc) is 2.05. The van der Waals surface area contributed by atoms with E-state index in [1.54, 1.807) is 25.4 Å². The fourth-order valence-electron chi connectivity index (χ4n) is 0.796. The topological polar surface area (TPSA) is 56.0 Å². The molecule has 2 N–H and O–H groups in total. The third-order valence-electron chi connectivity index (χ3n) is 1.61. The molecule has 0 saturated heterocycles. The minimum atomic E-state index is -0.321. The SMILES string of the molecule is C[C@@H](C(N)=O)c1cccnc1. The van der Waals surface area contributed by atoms with Crippen molar-refractivity contribution in [3.8, 4) is 0 Å². The van der Waals surface area contributed by atoms with Crippen molar-refractivity contribution in [2.24, 2.45) is 5.73 Å². The Kier molecular flexibility index (Phi) is 2.21. The second kappa shape index (κ2) is 3.14. The zero-order valence-corrected chi connectivity index (χ0v) is 6.32. The van der Waals surface area contributed by atoms with Crippen molar-refractivity contribution in [1.82, 2.24) is 4.98 Å². The van der Waals surface area contributed by atoms with Crippen LogP contribution in [0.3, 0.4) is 0 Å². The molecule has 0 spiro atoms. The highest BCUT2D eigenvalue weighted by Gasteiger charge is 2.09. The van der Waals surface area contributed by atoms with E-state index in [1.165, 1.54) is 0 Å². The molecule has 0 aliphatic heterocycles. The molecule has 1 aromatic rings. The Morgan fingerprint density at radius 2 is 2.45 bits per heavy atom. The van der Waals surface area contributed by atoms with Crippen LogP contribution < -0.4 is 5.73 Å². The predicted octanol–water partition coefficient (Wildman–Crippen LogP) is 0.670. The average molecular weight is 150 g/mol. The quantitative estimate of drug-likeness (QED) is 0.673. The van der Waals surface area contributed by atoms with Gasteiger partial charge >= 0.3 is 0 Å². The summed E-state index contributed by atoms with van der Waals surface area (Å²) in [5.41, 5.74) is 5.96. The lowest BCUT2D eigenvalue weighted by Crippen LogP contribution is -2.18. The lowest BCUT2D eigenvalue weighted by atomic mass is 10.0. The van der Waals surface area contributed by atoms with Gasteiger partial charge in [0.15, 0.2) is 0 Å². The summed E-state index contributed by atoms with van der Waals surface area (Å²) in [4.78, 5) is 14.6. The van der Waals surface area contributed by atoms with Crippen molar-refractivity contribution >= 4 is 5.91 Å². The number of primary amides is 1. The summed E-state index contributed by atoms with van der Waals surface area (Å²) in [6, 6.07) is 3.62. The maximum absolute atomic E-state index is 10.7. The number of hydrogen-bond donors (Lipinski definition) is 1. The highest BCUT2D eigenvalue weighted by Crippen LogP contribution is 2.11. The van der Waals surface area contributed by atoms with Gasteiger partial charge in [-0.15, -0.1) is 0 Å². The number of nitrogens with zero attached hydrogens (tertiary/aromatic N) is 1. The standard InChI is InChI=1S/C8H10N2O/c1-6(8(9)11)7-3-2-4-10-5-7/h2-6H,1H3,(H2,9,11)/t6-/m1/s1. The molecule has 1 aromatic heterocycles. The van der Waals surface area contributed by atoms with Crippen LogP contribution in [0.25, 0.3) is 0 Å². The number of nitrogens with two attached hydrogens (primary N) is 1. The van der Waals surface area contributed by atoms with Crippen molar-refractivity contribution in [2.75, 3.05) is 0 Å². The number of hydrogen-bond acceptors (Lipinski definition) is 2. The molecule has 58 valence electrons. The molecule has 3 nitrogen and oxygen atoms in total. The predicted molar refractivity (Wildman–Crippen MR) is 41.8 cm³/mol. The van der Waals surface area contributed by atoms with E-state index in [0.717, 1.165) is 5.56 Å². The van der Waals surface area contributed by atoms with E-state index >= 15 is 0 Å². The molecule has 0 saturated carbocycles. The second-order valence-corrected chi connectivity index (χ2v) is 2.41. The van der Waals surface area contributed by atoms with Crippen LogP contribution in [0.5, 0.6) is 0 Å². The Morgan fingerprint density at radius 3 is 2.91 bits per heavy atom. The molecule has 0 bridgehead atoms. The third-order valence-corrected chi connectivity index (χ3v) is 1.61. The molecule has 3 heteroatoms. The van der Waals surface area contributed by atoms with Crippen LogP contribution in [0.4, 0.5) is 0 Å². The Labute approximate surface area is 65.2 Å². The largest absolute Gasteiger partial charge is 0.369 e. The van der Waals surface area contributed by atoms with Gasteiger partial charge in [-0.05, 0) is 18.6 Å². The summed E-state index contributed by atoms with van der Waals surface area (Å²) in [5.74, 6) is -0.568. The third kappa shape index (κ3) is 1.77. The molecule has 0 unspecified atom stereocenters. The van der Waals surface area contributed by atoms with E-state index in [2.05, 4.69) is 4.98 Å². The molecule has 0 aliphatic rings. The van der Waals surface area contributed by atoms with Gasteiger partial charge in [0, 0.05) is 12.4 Å². The molecule has 0 fully saturated rings. The van der Waals surface area contributed by atoms with E-state index < -0.39 is 0 Å². The van der Waals surface area contributed by atoms with Crippen LogP contribution in [-0.2, 0) is 4.79 Å². The highest BCUT2D eigenvalue weighted by atomic mass is 16.1. The maximum Gasteiger partial charge on any atom is 0.224 e. The van der Waals surface area contributed by atoms with Crippen LogP contribution in [0, 0.1) is 0 Å². The van der Waals surface area contributed by atoms with Crippen LogP contribution in [0.15, 0.2) is 24.5 Å². The molecule has 1 heterocycles. The molecule has 0 aliphatic carbocycles. The molecule has 1 amide bonds. The summed E-state index contributed by atoms with van der Waals surface area (Å²) in [7, 11) is 0. The van der Waals surface area contributed by atoms with Crippen molar-refractivity contribution in [2.45, 2.75) is 12.8 Å². The highest BCUT2D eigenvalue weighted by molar-refractivity contribution is 5.81. The first-order valence-corrected chi connectivity index (χ1v) is 3.41. The van der Waals surface area contributed by atoms with Crippen LogP contribution >= 0.6 is 0 Å². The summed E-state index contributed by atoms with van der Waals surface area (Å²) in [6.45, 7) is 1.76. The summed E-state index contributed by atoms with van der Waals surface area (Å²) < 4.78 is 0. The van der Waals surface area contributed by atoms with Gasteiger partial charge in [0.05, 0.1) is 5.92 Å². The first kappa shape index (κ1) is 7.72. The zero-order chi connectivity index (χ0) is 8.27. The number of aromatic nitrogens is 1. The summed E-state index contributed by atoms with van der Waals surface area (Å²) in [5, 5.41) is 0. The van der Waals surface area contributed by atoms with E-state index in [4.69, 9.17) is 5.73 Å². The van der Waals surface area contributed by atoms with Gasteiger partial charge in [0.25, 0.3) is 0 Å². The van der Waals surface area contributed by atoms with E-state index in [0.29, 0.717) is 0 Å². The van der Waals surface area contributed by atoms with Crippen molar-refractivity contribution in [1.29, 1.82) is 0 Å². The number of rotatable bonds is 2. The summed E-state index contributed by atoms with van der Waals surface area (Å²) >= 11 is 0. The van der Waals surface area contributed by atoms with Gasteiger partial charge in [0.2, 0.25) is 5.91 Å². The van der Waals surface area contributed by atoms with Crippen LogP contribution in [-0.4, -0.2) is 10.9 Å². The smallest absolute Gasteiger partial charge is 0.224 e. The van der Waals surface area contributed by atoms with Crippen molar-refractivity contribution in [3.63, 3.8) is 0 Å². The molecule has 11 heavy (non-hydrogen) atoms.